The van der Waals surface area contributed by atoms with Gasteiger partial charge < -0.3 is 0 Å². The normalized spacial score (nSPS) is 26.7. The summed E-state index contributed by atoms with van der Waals surface area (Å²) in [6.07, 6.45) is 5.86. The molecule has 0 N–H and O–H groups in total. The van der Waals surface area contributed by atoms with E-state index in [-0.39, 0.29) is 5.41 Å². The van der Waals surface area contributed by atoms with E-state index in [2.05, 4.69) is 80.6 Å². The molecule has 0 heterocycles. The molecule has 0 saturated heterocycles. The first-order chi connectivity index (χ1) is 10.2. The lowest BCUT2D eigenvalue weighted by molar-refractivity contribution is 0.688. The third-order valence-electron chi connectivity index (χ3n) is 5.20. The van der Waals surface area contributed by atoms with Crippen LogP contribution in [-0.4, -0.2) is 0 Å². The average Bonchev–Trinajstić information content (AvgIpc) is 2.81. The molecule has 0 amide bonds. The largest absolute Gasteiger partial charge is 0.0836 e. The second kappa shape index (κ2) is 4.46. The molecule has 0 nitrogen and oxygen atoms in total. The predicted molar refractivity (Wildman–Crippen MR) is 89.2 cm³/mol. The van der Waals surface area contributed by atoms with Gasteiger partial charge in [0.25, 0.3) is 0 Å². The van der Waals surface area contributed by atoms with Crippen LogP contribution in [0.5, 0.6) is 0 Å². The lowest BCUT2D eigenvalue weighted by Gasteiger charge is -2.30. The number of allylic oxidation sites excluding steroid dienone is 4. The maximum Gasteiger partial charge on any atom is 0.0432 e. The van der Waals surface area contributed by atoms with Crippen molar-refractivity contribution in [2.24, 2.45) is 5.92 Å². The topological polar surface area (TPSA) is 0 Å². The van der Waals surface area contributed by atoms with Crippen LogP contribution < -0.4 is 0 Å². The maximum atomic E-state index is 2.38. The number of rotatable bonds is 1. The van der Waals surface area contributed by atoms with Crippen LogP contribution in [0, 0.1) is 5.92 Å². The molecule has 0 aromatic heterocycles. The van der Waals surface area contributed by atoms with Crippen molar-refractivity contribution >= 4 is 5.57 Å². The van der Waals surface area contributed by atoms with Crippen molar-refractivity contribution in [2.45, 2.75) is 25.7 Å². The fraction of sp³-hybridized carbons (Fsp3) is 0.238. The summed E-state index contributed by atoms with van der Waals surface area (Å²) in [5, 5.41) is 0. The van der Waals surface area contributed by atoms with Crippen molar-refractivity contribution in [1.29, 1.82) is 0 Å². The first-order valence-electron chi connectivity index (χ1n) is 7.79. The summed E-state index contributed by atoms with van der Waals surface area (Å²) in [7, 11) is 0. The van der Waals surface area contributed by atoms with E-state index in [0.717, 1.165) is 6.42 Å². The highest BCUT2D eigenvalue weighted by atomic mass is 14.5. The van der Waals surface area contributed by atoms with Gasteiger partial charge in [-0.25, -0.2) is 0 Å². The number of hydrogen-bond acceptors (Lipinski definition) is 0. The highest BCUT2D eigenvalue weighted by Crippen LogP contribution is 2.54. The van der Waals surface area contributed by atoms with Gasteiger partial charge in [-0.2, -0.15) is 0 Å². The third-order valence-corrected chi connectivity index (χ3v) is 5.20. The van der Waals surface area contributed by atoms with E-state index in [9.17, 15) is 0 Å². The number of hydrogen-bond donors (Lipinski definition) is 0. The molecule has 2 aliphatic carbocycles. The van der Waals surface area contributed by atoms with Crippen molar-refractivity contribution in [3.8, 4) is 0 Å². The Morgan fingerprint density at radius 2 is 1.67 bits per heavy atom. The number of fused-ring (bicyclic) bond motifs is 2. The molecule has 2 unspecified atom stereocenters. The molecule has 104 valence electrons. The molecule has 4 rings (SSSR count). The van der Waals surface area contributed by atoms with Crippen LogP contribution in [0.3, 0.4) is 0 Å². The van der Waals surface area contributed by atoms with Gasteiger partial charge in [0, 0.05) is 5.41 Å². The molecule has 21 heavy (non-hydrogen) atoms. The Labute approximate surface area is 126 Å². The summed E-state index contributed by atoms with van der Waals surface area (Å²) in [4.78, 5) is 0. The van der Waals surface area contributed by atoms with E-state index in [1.165, 1.54) is 22.3 Å². The molecule has 2 aromatic carbocycles. The van der Waals surface area contributed by atoms with E-state index in [0.29, 0.717) is 5.92 Å². The molecule has 0 spiro atoms. The Kier molecular flexibility index (Phi) is 2.68. The van der Waals surface area contributed by atoms with Gasteiger partial charge in [-0.3, -0.25) is 0 Å². The average molecular weight is 272 g/mol. The molecular weight excluding hydrogens is 252 g/mol. The monoisotopic (exact) mass is 272 g/mol. The predicted octanol–water partition coefficient (Wildman–Crippen LogP) is 5.36. The first-order valence-corrected chi connectivity index (χ1v) is 7.79. The highest BCUT2D eigenvalue weighted by molar-refractivity contribution is 5.86. The summed E-state index contributed by atoms with van der Waals surface area (Å²) in [5.41, 5.74) is 7.34. The molecular formula is C21H20. The summed E-state index contributed by atoms with van der Waals surface area (Å²) in [6, 6.07) is 19.9. The Hall–Kier alpha value is -2.08. The standard InChI is InChI=1S/C21H20/c1-15-9-8-14-19-20(15)17-12-6-7-13-18(17)21(19,2)16-10-4-3-5-11-16/h3-8,10-15H,9H2,1-2H3. The summed E-state index contributed by atoms with van der Waals surface area (Å²) in [5.74, 6) is 0.608. The van der Waals surface area contributed by atoms with E-state index in [4.69, 9.17) is 0 Å². The lowest BCUT2D eigenvalue weighted by atomic mass is 9.72. The molecule has 2 atom stereocenters. The third kappa shape index (κ3) is 1.62. The molecule has 0 aliphatic heterocycles. The van der Waals surface area contributed by atoms with Gasteiger partial charge in [-0.1, -0.05) is 73.7 Å². The van der Waals surface area contributed by atoms with Crippen molar-refractivity contribution in [1.82, 2.24) is 0 Å². The maximum absolute atomic E-state index is 2.38. The quantitative estimate of drug-likeness (QED) is 0.656. The van der Waals surface area contributed by atoms with E-state index < -0.39 is 0 Å². The minimum Gasteiger partial charge on any atom is -0.0836 e. The van der Waals surface area contributed by atoms with Crippen LogP contribution in [0.25, 0.3) is 5.57 Å². The van der Waals surface area contributed by atoms with E-state index in [1.54, 1.807) is 5.57 Å². The minimum atomic E-state index is -0.0155. The summed E-state index contributed by atoms with van der Waals surface area (Å²) >= 11 is 0. The second-order valence-corrected chi connectivity index (χ2v) is 6.40. The molecule has 0 fully saturated rings. The van der Waals surface area contributed by atoms with E-state index >= 15 is 0 Å². The van der Waals surface area contributed by atoms with Crippen LogP contribution in [0.15, 0.2) is 72.3 Å². The Morgan fingerprint density at radius 1 is 0.952 bits per heavy atom. The zero-order chi connectivity index (χ0) is 14.4. The smallest absolute Gasteiger partial charge is 0.0432 e. The van der Waals surface area contributed by atoms with Gasteiger partial charge in [0.05, 0.1) is 0 Å². The molecule has 0 radical (unpaired) electrons. The van der Waals surface area contributed by atoms with Crippen molar-refractivity contribution < 1.29 is 0 Å². The van der Waals surface area contributed by atoms with E-state index in [1.807, 2.05) is 0 Å². The van der Waals surface area contributed by atoms with Crippen LogP contribution >= 0.6 is 0 Å². The molecule has 0 heteroatoms. The molecule has 0 saturated carbocycles. The van der Waals surface area contributed by atoms with Gasteiger partial charge in [-0.05, 0) is 47.1 Å². The second-order valence-electron chi connectivity index (χ2n) is 6.40. The first kappa shape index (κ1) is 12.6. The molecule has 0 bridgehead atoms. The SMILES string of the molecule is CC1CC=CC2=C1c1ccccc1C2(C)c1ccccc1. The molecule has 2 aromatic rings. The highest BCUT2D eigenvalue weighted by Gasteiger charge is 2.43. The van der Waals surface area contributed by atoms with Crippen LogP contribution in [-0.2, 0) is 5.41 Å². The fourth-order valence-electron chi connectivity index (χ4n) is 4.09. The van der Waals surface area contributed by atoms with Crippen molar-refractivity contribution in [2.75, 3.05) is 0 Å². The van der Waals surface area contributed by atoms with Gasteiger partial charge >= 0.3 is 0 Å². The lowest BCUT2D eigenvalue weighted by Crippen LogP contribution is -2.23. The van der Waals surface area contributed by atoms with Gasteiger partial charge in [-0.15, -0.1) is 0 Å². The fourth-order valence-corrected chi connectivity index (χ4v) is 4.09. The molecule has 2 aliphatic rings. The minimum absolute atomic E-state index is 0.0155. The summed E-state index contributed by atoms with van der Waals surface area (Å²) in [6.45, 7) is 4.73. The zero-order valence-corrected chi connectivity index (χ0v) is 12.6. The Balaban J connectivity index is 2.05. The Morgan fingerprint density at radius 3 is 2.48 bits per heavy atom. The van der Waals surface area contributed by atoms with Crippen LogP contribution in [0.2, 0.25) is 0 Å². The van der Waals surface area contributed by atoms with Crippen molar-refractivity contribution in [3.05, 3.63) is 89.0 Å². The van der Waals surface area contributed by atoms with Gasteiger partial charge in [0.1, 0.15) is 0 Å². The van der Waals surface area contributed by atoms with Gasteiger partial charge in [0.2, 0.25) is 0 Å². The zero-order valence-electron chi connectivity index (χ0n) is 12.6. The Bertz CT molecular complexity index is 749. The van der Waals surface area contributed by atoms with Crippen LogP contribution in [0.1, 0.15) is 37.0 Å². The van der Waals surface area contributed by atoms with Gasteiger partial charge in [0.15, 0.2) is 0 Å². The van der Waals surface area contributed by atoms with Crippen LogP contribution in [0.4, 0.5) is 0 Å². The number of benzene rings is 2. The van der Waals surface area contributed by atoms with Crippen molar-refractivity contribution in [3.63, 3.8) is 0 Å². The summed E-state index contributed by atoms with van der Waals surface area (Å²) < 4.78 is 0.